The van der Waals surface area contributed by atoms with E-state index in [1.165, 1.54) is 16.9 Å². The van der Waals surface area contributed by atoms with Gasteiger partial charge in [0.25, 0.3) is 0 Å². The van der Waals surface area contributed by atoms with Crippen LogP contribution < -0.4 is 0 Å². The molecule has 2 aromatic heterocycles. The molecule has 0 unspecified atom stereocenters. The van der Waals surface area contributed by atoms with Crippen molar-refractivity contribution in [1.29, 1.82) is 0 Å². The highest BCUT2D eigenvalue weighted by atomic mass is 79.9. The first-order chi connectivity index (χ1) is 10.9. The van der Waals surface area contributed by atoms with Crippen molar-refractivity contribution in [2.75, 3.05) is 7.05 Å². The van der Waals surface area contributed by atoms with Crippen LogP contribution in [0.4, 0.5) is 0 Å². The van der Waals surface area contributed by atoms with E-state index in [-0.39, 0.29) is 24.6 Å². The topological polar surface area (TPSA) is 93.2 Å². The van der Waals surface area contributed by atoms with Gasteiger partial charge in [0.05, 0.1) is 23.3 Å². The number of carbonyl (C=O) groups is 2. The quantitative estimate of drug-likeness (QED) is 0.783. The maximum Gasteiger partial charge on any atom is 0.354 e. The third-order valence-electron chi connectivity index (χ3n) is 3.40. The Morgan fingerprint density at radius 1 is 1.43 bits per heavy atom. The molecular weight excluding hydrogens is 366 g/mol. The number of carbonyl (C=O) groups excluding carboxylic acids is 1. The minimum absolute atomic E-state index is 0.0740. The summed E-state index contributed by atoms with van der Waals surface area (Å²) in [4.78, 5) is 24.8. The Bertz CT molecular complexity index is 709. The summed E-state index contributed by atoms with van der Waals surface area (Å²) in [5.74, 6) is -1.16. The summed E-state index contributed by atoms with van der Waals surface area (Å²) in [6, 6.07) is 1.41. The van der Waals surface area contributed by atoms with E-state index < -0.39 is 5.97 Å². The molecule has 2 aromatic rings. The minimum Gasteiger partial charge on any atom is -0.477 e. The Morgan fingerprint density at radius 3 is 2.78 bits per heavy atom. The second kappa shape index (κ2) is 7.40. The summed E-state index contributed by atoms with van der Waals surface area (Å²) in [5, 5.41) is 17.3. The van der Waals surface area contributed by atoms with Crippen molar-refractivity contribution in [1.82, 2.24) is 24.5 Å². The van der Waals surface area contributed by atoms with E-state index in [1.807, 2.05) is 13.1 Å². The van der Waals surface area contributed by atoms with Crippen molar-refractivity contribution in [3.63, 3.8) is 0 Å². The smallest absolute Gasteiger partial charge is 0.354 e. The fourth-order valence-corrected chi connectivity index (χ4v) is 2.54. The van der Waals surface area contributed by atoms with Gasteiger partial charge in [0.1, 0.15) is 5.69 Å². The lowest BCUT2D eigenvalue weighted by molar-refractivity contribution is -0.130. The third-order valence-corrected chi connectivity index (χ3v) is 4.06. The van der Waals surface area contributed by atoms with Gasteiger partial charge in [0.2, 0.25) is 5.91 Å². The molecule has 2 heterocycles. The number of carboxylic acid groups (broad SMARTS) is 1. The summed E-state index contributed by atoms with van der Waals surface area (Å²) < 4.78 is 3.97. The van der Waals surface area contributed by atoms with Crippen LogP contribution in [0.15, 0.2) is 22.9 Å². The molecule has 8 nitrogen and oxygen atoms in total. The highest BCUT2D eigenvalue weighted by Gasteiger charge is 2.16. The first-order valence-electron chi connectivity index (χ1n) is 7.13. The van der Waals surface area contributed by atoms with Gasteiger partial charge in [-0.05, 0) is 28.9 Å². The van der Waals surface area contributed by atoms with Crippen molar-refractivity contribution in [3.8, 4) is 0 Å². The van der Waals surface area contributed by atoms with Crippen LogP contribution in [0.2, 0.25) is 0 Å². The molecule has 1 N–H and O–H groups in total. The number of hydrogen-bond acceptors (Lipinski definition) is 4. The van der Waals surface area contributed by atoms with Crippen LogP contribution in [-0.4, -0.2) is 48.5 Å². The Morgan fingerprint density at radius 2 is 2.17 bits per heavy atom. The van der Waals surface area contributed by atoms with Crippen LogP contribution >= 0.6 is 15.9 Å². The molecule has 0 saturated heterocycles. The van der Waals surface area contributed by atoms with Gasteiger partial charge in [0, 0.05) is 32.4 Å². The second-order valence-electron chi connectivity index (χ2n) is 5.02. The number of nitrogens with zero attached hydrogens (tertiary/aromatic N) is 5. The average molecular weight is 384 g/mol. The Labute approximate surface area is 141 Å². The highest BCUT2D eigenvalue weighted by Crippen LogP contribution is 2.16. The second-order valence-corrected chi connectivity index (χ2v) is 5.88. The number of carboxylic acids is 1. The zero-order valence-corrected chi connectivity index (χ0v) is 14.5. The van der Waals surface area contributed by atoms with Crippen molar-refractivity contribution >= 4 is 27.8 Å². The van der Waals surface area contributed by atoms with Gasteiger partial charge in [-0.2, -0.15) is 10.2 Å². The van der Waals surface area contributed by atoms with Gasteiger partial charge in [-0.25, -0.2) is 4.79 Å². The molecule has 0 bridgehead atoms. The third kappa shape index (κ3) is 4.19. The van der Waals surface area contributed by atoms with Crippen molar-refractivity contribution in [2.24, 2.45) is 0 Å². The van der Waals surface area contributed by atoms with Crippen molar-refractivity contribution in [2.45, 2.75) is 33.0 Å². The van der Waals surface area contributed by atoms with E-state index in [1.54, 1.807) is 16.6 Å². The molecule has 124 valence electrons. The average Bonchev–Trinajstić information content (AvgIpc) is 3.11. The maximum absolute atomic E-state index is 12.2. The lowest BCUT2D eigenvalue weighted by Gasteiger charge is -2.16. The highest BCUT2D eigenvalue weighted by molar-refractivity contribution is 9.10. The molecule has 9 heteroatoms. The summed E-state index contributed by atoms with van der Waals surface area (Å²) >= 11 is 3.43. The minimum atomic E-state index is -1.06. The lowest BCUT2D eigenvalue weighted by atomic mass is 10.3. The molecule has 0 aliphatic rings. The van der Waals surface area contributed by atoms with E-state index >= 15 is 0 Å². The summed E-state index contributed by atoms with van der Waals surface area (Å²) in [5.41, 5.74) is 0.859. The van der Waals surface area contributed by atoms with Crippen LogP contribution in [0.25, 0.3) is 0 Å². The molecule has 1 amide bonds. The van der Waals surface area contributed by atoms with Crippen LogP contribution in [0.5, 0.6) is 0 Å². The molecule has 2 rings (SSSR count). The summed E-state index contributed by atoms with van der Waals surface area (Å²) in [7, 11) is 1.70. The van der Waals surface area contributed by atoms with E-state index in [9.17, 15) is 9.59 Å². The Hall–Kier alpha value is -2.16. The number of rotatable bonds is 7. The van der Waals surface area contributed by atoms with Crippen LogP contribution in [0, 0.1) is 0 Å². The number of halogens is 1. The molecule has 0 aromatic carbocycles. The van der Waals surface area contributed by atoms with Gasteiger partial charge in [-0.15, -0.1) is 0 Å². The van der Waals surface area contributed by atoms with Crippen molar-refractivity contribution in [3.05, 3.63) is 34.3 Å². The predicted molar refractivity (Wildman–Crippen MR) is 85.9 cm³/mol. The Balaban J connectivity index is 1.93. The fraction of sp³-hybridized carbons (Fsp3) is 0.429. The van der Waals surface area contributed by atoms with Crippen LogP contribution in [0.3, 0.4) is 0 Å². The first kappa shape index (κ1) is 17.2. The normalized spacial score (nSPS) is 10.7. The van der Waals surface area contributed by atoms with E-state index in [4.69, 9.17) is 5.11 Å². The zero-order chi connectivity index (χ0) is 17.0. The summed E-state index contributed by atoms with van der Waals surface area (Å²) in [6.07, 6.45) is 3.45. The molecule has 0 aliphatic carbocycles. The van der Waals surface area contributed by atoms with E-state index in [0.717, 1.165) is 16.7 Å². The van der Waals surface area contributed by atoms with E-state index in [0.29, 0.717) is 6.54 Å². The van der Waals surface area contributed by atoms with Gasteiger partial charge >= 0.3 is 5.97 Å². The van der Waals surface area contributed by atoms with Gasteiger partial charge < -0.3 is 10.0 Å². The SMILES string of the molecule is CCn1cc(Br)c(CN(C)C(=O)CCn2nccc2C(=O)O)n1. The van der Waals surface area contributed by atoms with Gasteiger partial charge in [-0.3, -0.25) is 14.2 Å². The molecule has 0 spiro atoms. The van der Waals surface area contributed by atoms with E-state index in [2.05, 4.69) is 26.1 Å². The number of aromatic carboxylic acids is 1. The number of hydrogen-bond donors (Lipinski definition) is 1. The van der Waals surface area contributed by atoms with Gasteiger partial charge in [0.15, 0.2) is 0 Å². The molecule has 0 saturated carbocycles. The lowest BCUT2D eigenvalue weighted by Crippen LogP contribution is -2.28. The fourth-order valence-electron chi connectivity index (χ4n) is 2.10. The first-order valence-corrected chi connectivity index (χ1v) is 7.92. The monoisotopic (exact) mass is 383 g/mol. The predicted octanol–water partition coefficient (Wildman–Crippen LogP) is 1.61. The number of aryl methyl sites for hydroxylation is 2. The largest absolute Gasteiger partial charge is 0.477 e. The van der Waals surface area contributed by atoms with Crippen LogP contribution in [-0.2, 0) is 24.4 Å². The molecule has 0 fully saturated rings. The maximum atomic E-state index is 12.2. The van der Waals surface area contributed by atoms with Crippen LogP contribution in [0.1, 0.15) is 29.5 Å². The molecular formula is C14H18BrN5O3. The molecule has 0 radical (unpaired) electrons. The molecule has 0 aliphatic heterocycles. The number of aromatic nitrogens is 4. The molecule has 23 heavy (non-hydrogen) atoms. The standard InChI is InChI=1S/C14H18BrN5O3/c1-3-19-8-10(15)11(17-19)9-18(2)13(21)5-7-20-12(14(22)23)4-6-16-20/h4,6,8H,3,5,7,9H2,1-2H3,(H,22,23). The van der Waals surface area contributed by atoms with Crippen molar-refractivity contribution < 1.29 is 14.7 Å². The van der Waals surface area contributed by atoms with Gasteiger partial charge in [-0.1, -0.05) is 0 Å². The Kier molecular flexibility index (Phi) is 5.54. The number of amides is 1. The summed E-state index contributed by atoms with van der Waals surface area (Å²) in [6.45, 7) is 3.36. The molecule has 0 atom stereocenters. The zero-order valence-electron chi connectivity index (χ0n) is 12.9.